The van der Waals surface area contributed by atoms with Crippen LogP contribution in [0.5, 0.6) is 0 Å². The zero-order valence-electron chi connectivity index (χ0n) is 12.4. The zero-order chi connectivity index (χ0) is 14.3. The molecule has 0 atom stereocenters. The van der Waals surface area contributed by atoms with Crippen LogP contribution >= 0.6 is 12.4 Å². The average Bonchev–Trinajstić information content (AvgIpc) is 2.49. The van der Waals surface area contributed by atoms with Crippen LogP contribution < -0.4 is 11.5 Å². The van der Waals surface area contributed by atoms with Crippen molar-refractivity contribution in [2.24, 2.45) is 11.5 Å². The van der Waals surface area contributed by atoms with Crippen LogP contribution in [0.15, 0.2) is 60.7 Å². The van der Waals surface area contributed by atoms with Crippen LogP contribution in [-0.4, -0.2) is 0 Å². The number of hydrogen-bond donors (Lipinski definition) is 2. The quantitative estimate of drug-likeness (QED) is 0.600. The molecule has 0 aliphatic heterocycles. The van der Waals surface area contributed by atoms with Crippen LogP contribution in [0.2, 0.25) is 0 Å². The summed E-state index contributed by atoms with van der Waals surface area (Å²) in [7, 11) is 0. The molecule has 2 rings (SSSR count). The molecule has 0 saturated heterocycles. The topological polar surface area (TPSA) is 52.0 Å². The lowest BCUT2D eigenvalue weighted by molar-refractivity contribution is 0.402. The van der Waals surface area contributed by atoms with Crippen molar-refractivity contribution >= 4 is 12.4 Å². The van der Waals surface area contributed by atoms with E-state index in [4.69, 9.17) is 11.5 Å². The van der Waals surface area contributed by atoms with E-state index in [0.717, 1.165) is 31.2 Å². The Morgan fingerprint density at radius 2 is 1.29 bits per heavy atom. The maximum absolute atomic E-state index is 6.21. The Bertz CT molecular complexity index is 497. The summed E-state index contributed by atoms with van der Waals surface area (Å²) in [5.41, 5.74) is 14.1. The van der Waals surface area contributed by atoms with Crippen LogP contribution in [-0.2, 0) is 12.1 Å². The third-order valence-electron chi connectivity index (χ3n) is 3.71. The highest BCUT2D eigenvalue weighted by molar-refractivity contribution is 5.85. The van der Waals surface area contributed by atoms with Crippen molar-refractivity contribution in [1.29, 1.82) is 0 Å². The summed E-state index contributed by atoms with van der Waals surface area (Å²) in [5, 5.41) is 0. The molecule has 0 aliphatic rings. The van der Waals surface area contributed by atoms with Crippen molar-refractivity contribution < 1.29 is 0 Å². The Morgan fingerprint density at radius 1 is 0.714 bits per heavy atom. The molecule has 114 valence electrons. The minimum atomic E-state index is -0.700. The molecule has 0 bridgehead atoms. The van der Waals surface area contributed by atoms with Gasteiger partial charge in [-0.25, -0.2) is 0 Å². The van der Waals surface area contributed by atoms with Crippen LogP contribution in [0.3, 0.4) is 0 Å². The number of benzene rings is 2. The van der Waals surface area contributed by atoms with Gasteiger partial charge >= 0.3 is 0 Å². The lowest BCUT2D eigenvalue weighted by Crippen LogP contribution is -2.45. The van der Waals surface area contributed by atoms with E-state index in [1.165, 1.54) is 12.0 Å². The van der Waals surface area contributed by atoms with Crippen LogP contribution in [0, 0.1) is 0 Å². The number of unbranched alkanes of at least 4 members (excludes halogenated alkanes) is 2. The van der Waals surface area contributed by atoms with Crippen molar-refractivity contribution in [2.75, 3.05) is 0 Å². The van der Waals surface area contributed by atoms with E-state index in [-0.39, 0.29) is 12.4 Å². The number of rotatable bonds is 7. The summed E-state index contributed by atoms with van der Waals surface area (Å²) in [6.07, 6.45) is 5.38. The SMILES string of the molecule is Cl.NC(N)(CCCCCc1ccccc1)c1ccccc1. The summed E-state index contributed by atoms with van der Waals surface area (Å²) < 4.78 is 0. The summed E-state index contributed by atoms with van der Waals surface area (Å²) >= 11 is 0. The molecule has 0 spiro atoms. The number of halogens is 1. The summed E-state index contributed by atoms with van der Waals surface area (Å²) in [5.74, 6) is 0. The fourth-order valence-electron chi connectivity index (χ4n) is 2.46. The highest BCUT2D eigenvalue weighted by Gasteiger charge is 2.20. The molecule has 2 aromatic carbocycles. The lowest BCUT2D eigenvalue weighted by Gasteiger charge is -2.25. The number of hydrogen-bond acceptors (Lipinski definition) is 2. The van der Waals surface area contributed by atoms with E-state index in [1.54, 1.807) is 0 Å². The maximum Gasteiger partial charge on any atom is 0.0899 e. The molecule has 0 unspecified atom stereocenters. The molecule has 3 heteroatoms. The molecule has 0 aliphatic carbocycles. The Labute approximate surface area is 134 Å². The Kier molecular flexibility index (Phi) is 7.44. The van der Waals surface area contributed by atoms with Gasteiger partial charge in [-0.15, -0.1) is 12.4 Å². The van der Waals surface area contributed by atoms with Crippen LogP contribution in [0.1, 0.15) is 36.8 Å². The minimum Gasteiger partial charge on any atom is -0.310 e. The van der Waals surface area contributed by atoms with Gasteiger partial charge in [0.25, 0.3) is 0 Å². The second-order valence-electron chi connectivity index (χ2n) is 5.45. The Balaban J connectivity index is 0.00000220. The second-order valence-corrected chi connectivity index (χ2v) is 5.45. The zero-order valence-corrected chi connectivity index (χ0v) is 13.2. The molecule has 0 heterocycles. The first-order chi connectivity index (χ1) is 9.68. The Hall–Kier alpha value is -1.35. The van der Waals surface area contributed by atoms with Crippen molar-refractivity contribution in [2.45, 2.75) is 37.8 Å². The van der Waals surface area contributed by atoms with Gasteiger partial charge in [0.1, 0.15) is 0 Å². The molecule has 0 aromatic heterocycles. The highest BCUT2D eigenvalue weighted by atomic mass is 35.5. The summed E-state index contributed by atoms with van der Waals surface area (Å²) in [6, 6.07) is 20.6. The first kappa shape index (κ1) is 17.7. The van der Waals surface area contributed by atoms with Crippen molar-refractivity contribution in [1.82, 2.24) is 0 Å². The van der Waals surface area contributed by atoms with Gasteiger partial charge in [0.05, 0.1) is 5.66 Å². The molecule has 21 heavy (non-hydrogen) atoms. The van der Waals surface area contributed by atoms with E-state index < -0.39 is 5.66 Å². The molecule has 2 nitrogen and oxygen atoms in total. The summed E-state index contributed by atoms with van der Waals surface area (Å²) in [4.78, 5) is 0. The van der Waals surface area contributed by atoms with E-state index in [0.29, 0.717) is 0 Å². The van der Waals surface area contributed by atoms with Gasteiger partial charge in [-0.05, 0) is 36.8 Å². The smallest absolute Gasteiger partial charge is 0.0899 e. The number of aryl methyl sites for hydroxylation is 1. The van der Waals surface area contributed by atoms with Crippen LogP contribution in [0.4, 0.5) is 0 Å². The van der Waals surface area contributed by atoms with Crippen LogP contribution in [0.25, 0.3) is 0 Å². The highest BCUT2D eigenvalue weighted by Crippen LogP contribution is 2.19. The monoisotopic (exact) mass is 304 g/mol. The predicted molar refractivity (Wildman–Crippen MR) is 92.4 cm³/mol. The summed E-state index contributed by atoms with van der Waals surface area (Å²) in [6.45, 7) is 0. The predicted octanol–water partition coefficient (Wildman–Crippen LogP) is 3.98. The van der Waals surface area contributed by atoms with E-state index in [1.807, 2.05) is 30.3 Å². The molecule has 4 N–H and O–H groups in total. The lowest BCUT2D eigenvalue weighted by atomic mass is 9.94. The number of nitrogens with two attached hydrogens (primary N) is 2. The van der Waals surface area contributed by atoms with E-state index >= 15 is 0 Å². The van der Waals surface area contributed by atoms with E-state index in [9.17, 15) is 0 Å². The first-order valence-corrected chi connectivity index (χ1v) is 7.36. The normalized spacial score (nSPS) is 11.0. The van der Waals surface area contributed by atoms with Crippen molar-refractivity contribution in [3.05, 3.63) is 71.8 Å². The van der Waals surface area contributed by atoms with E-state index in [2.05, 4.69) is 30.3 Å². The molecule has 2 aromatic rings. The van der Waals surface area contributed by atoms with Gasteiger partial charge in [-0.2, -0.15) is 0 Å². The van der Waals surface area contributed by atoms with Gasteiger partial charge in [0, 0.05) is 0 Å². The van der Waals surface area contributed by atoms with Gasteiger partial charge in [0.15, 0.2) is 0 Å². The molecule has 0 radical (unpaired) electrons. The molecule has 0 saturated carbocycles. The largest absolute Gasteiger partial charge is 0.310 e. The van der Waals surface area contributed by atoms with Gasteiger partial charge in [-0.3, -0.25) is 0 Å². The molecule has 0 amide bonds. The third-order valence-corrected chi connectivity index (χ3v) is 3.71. The molecular weight excluding hydrogens is 280 g/mol. The average molecular weight is 305 g/mol. The second kappa shape index (κ2) is 8.83. The first-order valence-electron chi connectivity index (χ1n) is 7.36. The standard InChI is InChI=1S/C18H24N2.ClH/c19-18(20,17-13-7-2-8-14-17)15-9-3-6-12-16-10-4-1-5-11-16;/h1-2,4-5,7-8,10-11,13-14H,3,6,9,12,15,19-20H2;1H. The molecular formula is C18H25ClN2. The van der Waals surface area contributed by atoms with Gasteiger partial charge in [0.2, 0.25) is 0 Å². The Morgan fingerprint density at radius 3 is 1.90 bits per heavy atom. The maximum atomic E-state index is 6.21. The fraction of sp³-hybridized carbons (Fsp3) is 0.333. The fourth-order valence-corrected chi connectivity index (χ4v) is 2.46. The minimum absolute atomic E-state index is 0. The van der Waals surface area contributed by atoms with Gasteiger partial charge in [-0.1, -0.05) is 67.1 Å². The van der Waals surface area contributed by atoms with Crippen molar-refractivity contribution in [3.8, 4) is 0 Å². The third kappa shape index (κ3) is 5.88. The van der Waals surface area contributed by atoms with Gasteiger partial charge < -0.3 is 11.5 Å². The van der Waals surface area contributed by atoms with Crippen molar-refractivity contribution in [3.63, 3.8) is 0 Å². The molecule has 0 fully saturated rings.